The van der Waals surface area contributed by atoms with Gasteiger partial charge >= 0.3 is 6.09 Å². The Bertz CT molecular complexity index is 810. The van der Waals surface area contributed by atoms with Crippen LogP contribution in [0.4, 0.5) is 10.5 Å². The summed E-state index contributed by atoms with van der Waals surface area (Å²) in [5.41, 5.74) is 2.69. The van der Waals surface area contributed by atoms with Crippen LogP contribution in [0.2, 0.25) is 0 Å². The van der Waals surface area contributed by atoms with Crippen LogP contribution in [0.3, 0.4) is 0 Å². The van der Waals surface area contributed by atoms with Crippen LogP contribution < -0.4 is 5.32 Å². The molecule has 0 fully saturated rings. The zero-order chi connectivity index (χ0) is 16.2. The lowest BCUT2D eigenvalue weighted by molar-refractivity contribution is 0.155. The summed E-state index contributed by atoms with van der Waals surface area (Å²) in [6, 6.07) is 15.6. The lowest BCUT2D eigenvalue weighted by Crippen LogP contribution is -2.13. The Morgan fingerprint density at radius 2 is 2.00 bits per heavy atom. The summed E-state index contributed by atoms with van der Waals surface area (Å²) in [5, 5.41) is 8.09. The average molecular weight is 309 g/mol. The van der Waals surface area contributed by atoms with Crippen molar-refractivity contribution >= 4 is 22.7 Å². The van der Waals surface area contributed by atoms with Gasteiger partial charge in [-0.05, 0) is 37.6 Å². The molecule has 1 heterocycles. The predicted molar refractivity (Wildman–Crippen MR) is 90.4 cm³/mol. The van der Waals surface area contributed by atoms with Crippen molar-refractivity contribution in [1.82, 2.24) is 9.78 Å². The zero-order valence-electron chi connectivity index (χ0n) is 13.2. The minimum Gasteiger partial charge on any atom is -0.444 e. The summed E-state index contributed by atoms with van der Waals surface area (Å²) in [4.78, 5) is 11.9. The number of benzene rings is 2. The molecule has 0 atom stereocenters. The Kier molecular flexibility index (Phi) is 4.28. The fraction of sp³-hybridized carbons (Fsp3) is 0.222. The summed E-state index contributed by atoms with van der Waals surface area (Å²) < 4.78 is 7.17. The summed E-state index contributed by atoms with van der Waals surface area (Å²) in [6.45, 7) is 4.42. The number of anilines is 1. The molecule has 5 nitrogen and oxygen atoms in total. The SMILES string of the molecule is CC(C)n1ncc2cc(NC(=O)OCc3ccccc3)ccc21. The Morgan fingerprint density at radius 1 is 1.22 bits per heavy atom. The highest BCUT2D eigenvalue weighted by Gasteiger charge is 2.08. The van der Waals surface area contributed by atoms with E-state index < -0.39 is 6.09 Å². The molecule has 0 radical (unpaired) electrons. The van der Waals surface area contributed by atoms with Gasteiger partial charge in [0, 0.05) is 17.1 Å². The van der Waals surface area contributed by atoms with Crippen LogP contribution in [0.1, 0.15) is 25.5 Å². The Morgan fingerprint density at radius 3 is 2.74 bits per heavy atom. The van der Waals surface area contributed by atoms with E-state index in [0.29, 0.717) is 11.7 Å². The fourth-order valence-electron chi connectivity index (χ4n) is 2.42. The summed E-state index contributed by atoms with van der Waals surface area (Å²) in [5.74, 6) is 0. The van der Waals surface area contributed by atoms with Gasteiger partial charge < -0.3 is 4.74 Å². The third kappa shape index (κ3) is 3.51. The maximum atomic E-state index is 11.9. The lowest BCUT2D eigenvalue weighted by atomic mass is 10.2. The van der Waals surface area contributed by atoms with E-state index in [-0.39, 0.29) is 6.61 Å². The molecule has 1 aromatic heterocycles. The predicted octanol–water partition coefficient (Wildman–Crippen LogP) is 4.37. The maximum Gasteiger partial charge on any atom is 0.411 e. The number of fused-ring (bicyclic) bond motifs is 1. The van der Waals surface area contributed by atoms with E-state index in [9.17, 15) is 4.79 Å². The quantitative estimate of drug-likeness (QED) is 0.778. The first-order valence-electron chi connectivity index (χ1n) is 7.58. The van der Waals surface area contributed by atoms with Crippen LogP contribution in [0.15, 0.2) is 54.7 Å². The third-order valence-electron chi connectivity index (χ3n) is 3.54. The van der Waals surface area contributed by atoms with Gasteiger partial charge in [0.2, 0.25) is 0 Å². The average Bonchev–Trinajstić information content (AvgIpc) is 2.97. The van der Waals surface area contributed by atoms with Crippen molar-refractivity contribution in [3.63, 3.8) is 0 Å². The van der Waals surface area contributed by atoms with Crippen LogP contribution in [0.25, 0.3) is 10.9 Å². The molecule has 0 unspecified atom stereocenters. The van der Waals surface area contributed by atoms with Gasteiger partial charge in [-0.15, -0.1) is 0 Å². The Balaban J connectivity index is 1.65. The minimum absolute atomic E-state index is 0.250. The van der Waals surface area contributed by atoms with E-state index in [4.69, 9.17) is 4.74 Å². The number of amides is 1. The molecular weight excluding hydrogens is 290 g/mol. The van der Waals surface area contributed by atoms with E-state index in [0.717, 1.165) is 16.5 Å². The second-order valence-electron chi connectivity index (χ2n) is 5.64. The van der Waals surface area contributed by atoms with Gasteiger partial charge in [-0.2, -0.15) is 5.10 Å². The van der Waals surface area contributed by atoms with Gasteiger partial charge in [-0.3, -0.25) is 10.00 Å². The number of carbonyl (C=O) groups excluding carboxylic acids is 1. The normalized spacial score (nSPS) is 10.9. The van der Waals surface area contributed by atoms with Gasteiger partial charge in [0.05, 0.1) is 11.7 Å². The fourth-order valence-corrected chi connectivity index (χ4v) is 2.42. The third-order valence-corrected chi connectivity index (χ3v) is 3.54. The van der Waals surface area contributed by atoms with Crippen LogP contribution in [-0.4, -0.2) is 15.9 Å². The number of aromatic nitrogens is 2. The van der Waals surface area contributed by atoms with E-state index in [1.807, 2.05) is 53.2 Å². The topological polar surface area (TPSA) is 56.2 Å². The highest BCUT2D eigenvalue weighted by atomic mass is 16.5. The molecule has 0 aliphatic carbocycles. The molecule has 0 aliphatic rings. The zero-order valence-corrected chi connectivity index (χ0v) is 13.2. The maximum absolute atomic E-state index is 11.9. The molecular formula is C18H19N3O2. The van der Waals surface area contributed by atoms with Gasteiger partial charge in [0.1, 0.15) is 6.61 Å². The molecule has 0 spiro atoms. The molecule has 0 aliphatic heterocycles. The number of hydrogen-bond donors (Lipinski definition) is 1. The van der Waals surface area contributed by atoms with Crippen LogP contribution in [0.5, 0.6) is 0 Å². The van der Waals surface area contributed by atoms with Gasteiger partial charge in [-0.25, -0.2) is 4.79 Å². The van der Waals surface area contributed by atoms with Crippen molar-refractivity contribution in [3.8, 4) is 0 Å². The summed E-state index contributed by atoms with van der Waals surface area (Å²) >= 11 is 0. The van der Waals surface area contributed by atoms with Crippen molar-refractivity contribution in [1.29, 1.82) is 0 Å². The molecule has 0 saturated heterocycles. The number of carbonyl (C=O) groups is 1. The smallest absolute Gasteiger partial charge is 0.411 e. The molecule has 1 N–H and O–H groups in total. The first-order valence-corrected chi connectivity index (χ1v) is 7.58. The number of nitrogens with zero attached hydrogens (tertiary/aromatic N) is 2. The lowest BCUT2D eigenvalue weighted by Gasteiger charge is -2.09. The molecule has 1 amide bonds. The second-order valence-corrected chi connectivity index (χ2v) is 5.64. The van der Waals surface area contributed by atoms with E-state index in [1.54, 1.807) is 6.20 Å². The molecule has 2 aromatic carbocycles. The Labute approximate surface area is 134 Å². The number of ether oxygens (including phenoxy) is 1. The highest BCUT2D eigenvalue weighted by Crippen LogP contribution is 2.21. The van der Waals surface area contributed by atoms with E-state index in [2.05, 4.69) is 24.3 Å². The molecule has 23 heavy (non-hydrogen) atoms. The molecule has 3 rings (SSSR count). The number of hydrogen-bond acceptors (Lipinski definition) is 3. The van der Waals surface area contributed by atoms with Gasteiger partial charge in [-0.1, -0.05) is 30.3 Å². The Hall–Kier alpha value is -2.82. The molecule has 0 saturated carbocycles. The largest absolute Gasteiger partial charge is 0.444 e. The van der Waals surface area contributed by atoms with Crippen molar-refractivity contribution in [3.05, 3.63) is 60.3 Å². The molecule has 5 heteroatoms. The van der Waals surface area contributed by atoms with Crippen LogP contribution >= 0.6 is 0 Å². The first kappa shape index (κ1) is 15.1. The summed E-state index contributed by atoms with van der Waals surface area (Å²) in [7, 11) is 0. The molecule has 3 aromatic rings. The van der Waals surface area contributed by atoms with Crippen molar-refractivity contribution in [2.24, 2.45) is 0 Å². The van der Waals surface area contributed by atoms with Crippen molar-refractivity contribution in [2.75, 3.05) is 5.32 Å². The van der Waals surface area contributed by atoms with E-state index in [1.165, 1.54) is 0 Å². The van der Waals surface area contributed by atoms with Crippen LogP contribution in [0, 0.1) is 0 Å². The van der Waals surface area contributed by atoms with Crippen molar-refractivity contribution in [2.45, 2.75) is 26.5 Å². The van der Waals surface area contributed by atoms with E-state index >= 15 is 0 Å². The van der Waals surface area contributed by atoms with Gasteiger partial charge in [0.15, 0.2) is 0 Å². The standard InChI is InChI=1S/C18H19N3O2/c1-13(2)21-17-9-8-16(10-15(17)11-19-21)20-18(22)23-12-14-6-4-3-5-7-14/h3-11,13H,12H2,1-2H3,(H,20,22). The number of rotatable bonds is 4. The highest BCUT2D eigenvalue weighted by molar-refractivity contribution is 5.89. The molecule has 118 valence electrons. The van der Waals surface area contributed by atoms with Crippen molar-refractivity contribution < 1.29 is 9.53 Å². The van der Waals surface area contributed by atoms with Gasteiger partial charge in [0.25, 0.3) is 0 Å². The first-order chi connectivity index (χ1) is 11.1. The monoisotopic (exact) mass is 309 g/mol. The second kappa shape index (κ2) is 6.52. The summed E-state index contributed by atoms with van der Waals surface area (Å²) in [6.07, 6.45) is 1.33. The minimum atomic E-state index is -0.468. The molecule has 0 bridgehead atoms. The number of nitrogens with one attached hydrogen (secondary N) is 1. The van der Waals surface area contributed by atoms with Crippen LogP contribution in [-0.2, 0) is 11.3 Å².